The Balaban J connectivity index is 2.21. The van der Waals surface area contributed by atoms with Crippen LogP contribution >= 0.6 is 0 Å². The summed E-state index contributed by atoms with van der Waals surface area (Å²) in [5.41, 5.74) is 0.602. The van der Waals surface area contributed by atoms with Gasteiger partial charge in [0, 0.05) is 6.61 Å². The molecule has 1 aromatic carbocycles. The molecule has 0 spiro atoms. The van der Waals surface area contributed by atoms with Crippen molar-refractivity contribution < 1.29 is 14.6 Å². The van der Waals surface area contributed by atoms with Gasteiger partial charge in [-0.05, 0) is 24.1 Å². The molecule has 0 saturated heterocycles. The molecule has 0 aliphatic carbocycles. The summed E-state index contributed by atoms with van der Waals surface area (Å²) in [5.74, 6) is 0.682. The van der Waals surface area contributed by atoms with Crippen LogP contribution in [0.1, 0.15) is 5.56 Å². The second kappa shape index (κ2) is 6.01. The molecule has 2 rings (SSSR count). The van der Waals surface area contributed by atoms with Gasteiger partial charge in [0.05, 0.1) is 13.4 Å². The van der Waals surface area contributed by atoms with Gasteiger partial charge in [0.1, 0.15) is 5.75 Å². The molecule has 0 aliphatic heterocycles. The number of H-pyrrole nitrogens is 1. The Labute approximate surface area is 109 Å². The van der Waals surface area contributed by atoms with Gasteiger partial charge in [0.2, 0.25) is 5.75 Å². The molecule has 2 N–H and O–H groups in total. The van der Waals surface area contributed by atoms with E-state index in [2.05, 4.69) is 9.97 Å². The van der Waals surface area contributed by atoms with Crippen molar-refractivity contribution in [2.24, 2.45) is 0 Å². The van der Waals surface area contributed by atoms with E-state index in [4.69, 9.17) is 14.6 Å². The molecule has 0 atom stereocenters. The van der Waals surface area contributed by atoms with Crippen molar-refractivity contribution in [2.75, 3.05) is 13.7 Å². The van der Waals surface area contributed by atoms with Gasteiger partial charge >= 0.3 is 0 Å². The summed E-state index contributed by atoms with van der Waals surface area (Å²) in [6.45, 7) is 0.101. The Morgan fingerprint density at radius 1 is 1.32 bits per heavy atom. The van der Waals surface area contributed by atoms with Crippen LogP contribution in [0.4, 0.5) is 0 Å². The fraction of sp³-hybridized carbons (Fsp3) is 0.231. The summed E-state index contributed by atoms with van der Waals surface area (Å²) in [7, 11) is 1.38. The molecule has 0 amide bonds. The molecule has 0 bridgehead atoms. The first-order valence-corrected chi connectivity index (χ1v) is 5.74. The van der Waals surface area contributed by atoms with Crippen LogP contribution in [-0.2, 0) is 6.42 Å². The predicted octanol–water partition coefficient (Wildman–Crippen LogP) is 1.11. The van der Waals surface area contributed by atoms with Crippen LogP contribution in [0.3, 0.4) is 0 Å². The zero-order valence-electron chi connectivity index (χ0n) is 10.4. The topological polar surface area (TPSA) is 84.4 Å². The van der Waals surface area contributed by atoms with E-state index in [0.29, 0.717) is 12.2 Å². The van der Waals surface area contributed by atoms with E-state index in [9.17, 15) is 4.79 Å². The molecule has 0 radical (unpaired) electrons. The van der Waals surface area contributed by atoms with Crippen LogP contribution in [-0.4, -0.2) is 28.8 Å². The molecule has 19 heavy (non-hydrogen) atoms. The summed E-state index contributed by atoms with van der Waals surface area (Å²) < 4.78 is 10.4. The van der Waals surface area contributed by atoms with Crippen LogP contribution in [0.15, 0.2) is 35.4 Å². The SMILES string of the molecule is COc1c(Oc2ccc(CCO)cc2)nc[nH]c1=O. The lowest BCUT2D eigenvalue weighted by Gasteiger charge is -2.08. The Bertz CT molecular complexity index is 592. The summed E-state index contributed by atoms with van der Waals surface area (Å²) in [4.78, 5) is 17.8. The van der Waals surface area contributed by atoms with Gasteiger partial charge in [-0.1, -0.05) is 12.1 Å². The van der Waals surface area contributed by atoms with E-state index in [1.54, 1.807) is 12.1 Å². The summed E-state index contributed by atoms with van der Waals surface area (Å²) in [5, 5.41) is 8.83. The lowest BCUT2D eigenvalue weighted by atomic mass is 10.1. The minimum Gasteiger partial charge on any atom is -0.487 e. The van der Waals surface area contributed by atoms with E-state index in [-0.39, 0.29) is 18.2 Å². The molecule has 1 aromatic heterocycles. The fourth-order valence-corrected chi connectivity index (χ4v) is 1.59. The van der Waals surface area contributed by atoms with Crippen LogP contribution in [0.25, 0.3) is 0 Å². The average molecular weight is 262 g/mol. The van der Waals surface area contributed by atoms with Crippen LogP contribution in [0, 0.1) is 0 Å². The normalized spacial score (nSPS) is 10.2. The third kappa shape index (κ3) is 3.11. The van der Waals surface area contributed by atoms with Gasteiger partial charge in [-0.25, -0.2) is 4.98 Å². The van der Waals surface area contributed by atoms with Crippen LogP contribution < -0.4 is 15.0 Å². The van der Waals surface area contributed by atoms with Crippen LogP contribution in [0.2, 0.25) is 0 Å². The minimum absolute atomic E-state index is 0.0296. The number of aliphatic hydroxyl groups is 1. The van der Waals surface area contributed by atoms with Crippen molar-refractivity contribution >= 4 is 0 Å². The molecular weight excluding hydrogens is 248 g/mol. The number of hydrogen-bond donors (Lipinski definition) is 2. The molecular formula is C13H14N2O4. The number of aromatic nitrogens is 2. The number of nitrogens with one attached hydrogen (secondary N) is 1. The molecule has 0 fully saturated rings. The molecule has 6 nitrogen and oxygen atoms in total. The first-order chi connectivity index (χ1) is 9.24. The van der Waals surface area contributed by atoms with Gasteiger partial charge in [0.25, 0.3) is 11.4 Å². The van der Waals surface area contributed by atoms with Crippen molar-refractivity contribution in [1.82, 2.24) is 9.97 Å². The van der Waals surface area contributed by atoms with Crippen molar-refractivity contribution in [2.45, 2.75) is 6.42 Å². The maximum absolute atomic E-state index is 11.5. The molecule has 0 aliphatic rings. The molecule has 0 saturated carbocycles. The zero-order valence-corrected chi connectivity index (χ0v) is 10.4. The summed E-state index contributed by atoms with van der Waals surface area (Å²) in [6.07, 6.45) is 1.84. The van der Waals surface area contributed by atoms with Gasteiger partial charge in [0.15, 0.2) is 0 Å². The van der Waals surface area contributed by atoms with Crippen LogP contribution in [0.5, 0.6) is 17.4 Å². The number of aromatic amines is 1. The molecule has 6 heteroatoms. The number of ether oxygens (including phenoxy) is 2. The van der Waals surface area contributed by atoms with E-state index in [0.717, 1.165) is 5.56 Å². The molecule has 100 valence electrons. The standard InChI is InChI=1S/C13H14N2O4/c1-18-11-12(17)14-8-15-13(11)19-10-4-2-9(3-5-10)6-7-16/h2-5,8,16H,6-7H2,1H3,(H,14,15,17). The van der Waals surface area contributed by atoms with Gasteiger partial charge in [-0.3, -0.25) is 4.79 Å². The second-order valence-corrected chi connectivity index (χ2v) is 3.79. The Hall–Kier alpha value is -2.34. The number of benzene rings is 1. The van der Waals surface area contributed by atoms with Gasteiger partial charge in [-0.2, -0.15) is 0 Å². The van der Waals surface area contributed by atoms with E-state index >= 15 is 0 Å². The largest absolute Gasteiger partial charge is 0.487 e. The third-order valence-corrected chi connectivity index (χ3v) is 2.52. The first-order valence-electron chi connectivity index (χ1n) is 5.74. The lowest BCUT2D eigenvalue weighted by molar-refractivity contribution is 0.299. The molecule has 0 unspecified atom stereocenters. The van der Waals surface area contributed by atoms with E-state index in [1.807, 2.05) is 12.1 Å². The van der Waals surface area contributed by atoms with E-state index < -0.39 is 5.56 Å². The average Bonchev–Trinajstić information content (AvgIpc) is 2.42. The van der Waals surface area contributed by atoms with E-state index in [1.165, 1.54) is 13.4 Å². The monoisotopic (exact) mass is 262 g/mol. The zero-order chi connectivity index (χ0) is 13.7. The Morgan fingerprint density at radius 2 is 2.05 bits per heavy atom. The van der Waals surface area contributed by atoms with Crippen molar-refractivity contribution in [1.29, 1.82) is 0 Å². The summed E-state index contributed by atoms with van der Waals surface area (Å²) >= 11 is 0. The number of nitrogens with zero attached hydrogens (tertiary/aromatic N) is 1. The Morgan fingerprint density at radius 3 is 2.68 bits per heavy atom. The van der Waals surface area contributed by atoms with Gasteiger partial charge < -0.3 is 19.6 Å². The minimum atomic E-state index is -0.399. The summed E-state index contributed by atoms with van der Waals surface area (Å²) in [6, 6.07) is 7.16. The Kier molecular flexibility index (Phi) is 4.15. The fourth-order valence-electron chi connectivity index (χ4n) is 1.59. The second-order valence-electron chi connectivity index (χ2n) is 3.79. The van der Waals surface area contributed by atoms with Gasteiger partial charge in [-0.15, -0.1) is 0 Å². The number of hydrogen-bond acceptors (Lipinski definition) is 5. The molecule has 2 aromatic rings. The van der Waals surface area contributed by atoms with Crippen molar-refractivity contribution in [3.63, 3.8) is 0 Å². The number of rotatable bonds is 5. The first kappa shape index (κ1) is 13.1. The number of methoxy groups -OCH3 is 1. The third-order valence-electron chi connectivity index (χ3n) is 2.52. The highest BCUT2D eigenvalue weighted by atomic mass is 16.5. The predicted molar refractivity (Wildman–Crippen MR) is 68.7 cm³/mol. The highest BCUT2D eigenvalue weighted by Crippen LogP contribution is 2.25. The highest BCUT2D eigenvalue weighted by Gasteiger charge is 2.11. The van der Waals surface area contributed by atoms with Crippen molar-refractivity contribution in [3.8, 4) is 17.4 Å². The highest BCUT2D eigenvalue weighted by molar-refractivity contribution is 5.36. The quantitative estimate of drug-likeness (QED) is 0.843. The smallest absolute Gasteiger partial charge is 0.297 e. The maximum atomic E-state index is 11.5. The maximum Gasteiger partial charge on any atom is 0.297 e. The molecule has 1 heterocycles. The van der Waals surface area contributed by atoms with Crippen molar-refractivity contribution in [3.05, 3.63) is 46.5 Å². The number of aliphatic hydroxyl groups excluding tert-OH is 1. The lowest BCUT2D eigenvalue weighted by Crippen LogP contribution is -2.10.